The van der Waals surface area contributed by atoms with Crippen LogP contribution in [0.1, 0.15) is 10.4 Å². The summed E-state index contributed by atoms with van der Waals surface area (Å²) >= 11 is 0. The van der Waals surface area contributed by atoms with E-state index in [0.717, 1.165) is 0 Å². The largest absolute Gasteiger partial charge is 0.378 e. The van der Waals surface area contributed by atoms with Crippen molar-refractivity contribution in [1.82, 2.24) is 4.90 Å². The lowest BCUT2D eigenvalue weighted by molar-refractivity contribution is 0.0302. The number of carbonyl (C=O) groups excluding carboxylic acids is 1. The predicted octanol–water partition coefficient (Wildman–Crippen LogP) is 3.50. The van der Waals surface area contributed by atoms with Crippen LogP contribution < -0.4 is 4.18 Å². The molecule has 162 valence electrons. The molecule has 4 rings (SSSR count). The van der Waals surface area contributed by atoms with E-state index in [1.165, 1.54) is 17.0 Å². The normalized spacial score (nSPS) is 14.6. The van der Waals surface area contributed by atoms with Crippen molar-refractivity contribution in [3.05, 3.63) is 71.5 Å². The van der Waals surface area contributed by atoms with Gasteiger partial charge >= 0.3 is 10.1 Å². The number of hydrogen-bond acceptors (Lipinski definition) is 5. The molecule has 1 amide bonds. The van der Waals surface area contributed by atoms with Gasteiger partial charge in [-0.2, -0.15) is 8.42 Å². The van der Waals surface area contributed by atoms with Gasteiger partial charge in [-0.25, -0.2) is 13.2 Å². The molecule has 6 nitrogen and oxygen atoms in total. The minimum Gasteiger partial charge on any atom is -0.378 e. The molecule has 0 atom stereocenters. The average molecular weight is 451 g/mol. The van der Waals surface area contributed by atoms with E-state index >= 15 is 0 Å². The summed E-state index contributed by atoms with van der Waals surface area (Å²) in [7, 11) is -4.92. The molecule has 0 aliphatic carbocycles. The second kappa shape index (κ2) is 8.20. The van der Waals surface area contributed by atoms with Crippen LogP contribution in [0.2, 0.25) is 0 Å². The Bertz CT molecular complexity index is 1270. The first-order chi connectivity index (χ1) is 14.8. The second-order valence-electron chi connectivity index (χ2n) is 6.81. The number of halogens is 3. The first-order valence-corrected chi connectivity index (χ1v) is 10.7. The molecule has 0 radical (unpaired) electrons. The molecule has 0 bridgehead atoms. The van der Waals surface area contributed by atoms with Crippen molar-refractivity contribution in [2.75, 3.05) is 26.3 Å². The fourth-order valence-corrected chi connectivity index (χ4v) is 4.26. The summed E-state index contributed by atoms with van der Waals surface area (Å²) in [6.45, 7) is 1.26. The fourth-order valence-electron chi connectivity index (χ4n) is 3.26. The third-order valence-corrected chi connectivity index (χ3v) is 6.10. The molecular formula is C21H16F3NO5S. The molecule has 1 saturated heterocycles. The molecule has 1 fully saturated rings. The first kappa shape index (κ1) is 21.1. The van der Waals surface area contributed by atoms with Crippen molar-refractivity contribution in [2.24, 2.45) is 0 Å². The van der Waals surface area contributed by atoms with E-state index in [4.69, 9.17) is 8.92 Å². The number of hydrogen-bond donors (Lipinski definition) is 0. The lowest BCUT2D eigenvalue weighted by Gasteiger charge is -2.27. The number of fused-ring (bicyclic) bond motifs is 1. The lowest BCUT2D eigenvalue weighted by atomic mass is 10.0. The summed E-state index contributed by atoms with van der Waals surface area (Å²) in [6.07, 6.45) is 0. The molecular weight excluding hydrogens is 435 g/mol. The Morgan fingerprint density at radius 1 is 0.935 bits per heavy atom. The monoisotopic (exact) mass is 451 g/mol. The highest BCUT2D eigenvalue weighted by Gasteiger charge is 2.29. The SMILES string of the molecule is O=C(c1cc2ccccc2cc1OS(=O)(=O)c1ccc(F)c(F)c1F)N1CCOCC1. The van der Waals surface area contributed by atoms with Crippen LogP contribution in [0.4, 0.5) is 13.2 Å². The Morgan fingerprint density at radius 2 is 1.58 bits per heavy atom. The minimum absolute atomic E-state index is 0.0628. The Balaban J connectivity index is 1.80. The second-order valence-corrected chi connectivity index (χ2v) is 8.33. The van der Waals surface area contributed by atoms with E-state index in [0.29, 0.717) is 49.2 Å². The highest BCUT2D eigenvalue weighted by molar-refractivity contribution is 7.87. The van der Waals surface area contributed by atoms with Crippen LogP contribution >= 0.6 is 0 Å². The number of carbonyl (C=O) groups is 1. The maximum absolute atomic E-state index is 14.1. The average Bonchev–Trinajstić information content (AvgIpc) is 2.76. The van der Waals surface area contributed by atoms with E-state index in [9.17, 15) is 26.4 Å². The summed E-state index contributed by atoms with van der Waals surface area (Å²) < 4.78 is 76.6. The molecule has 3 aromatic rings. The van der Waals surface area contributed by atoms with Crippen LogP contribution in [0.3, 0.4) is 0 Å². The third kappa shape index (κ3) is 4.08. The Kier molecular flexibility index (Phi) is 5.59. The van der Waals surface area contributed by atoms with Gasteiger partial charge in [-0.1, -0.05) is 24.3 Å². The number of morpholine rings is 1. The van der Waals surface area contributed by atoms with Gasteiger partial charge in [0.1, 0.15) is 4.90 Å². The predicted molar refractivity (Wildman–Crippen MR) is 105 cm³/mol. The molecule has 1 aliphatic rings. The van der Waals surface area contributed by atoms with Gasteiger partial charge in [0.25, 0.3) is 5.91 Å². The van der Waals surface area contributed by atoms with E-state index < -0.39 is 38.4 Å². The number of ether oxygens (including phenoxy) is 1. The van der Waals surface area contributed by atoms with Crippen LogP contribution in [0.25, 0.3) is 10.8 Å². The van der Waals surface area contributed by atoms with Crippen molar-refractivity contribution in [1.29, 1.82) is 0 Å². The molecule has 0 N–H and O–H groups in total. The number of nitrogens with zero attached hydrogens (tertiary/aromatic N) is 1. The smallest absolute Gasteiger partial charge is 0.342 e. The summed E-state index contributed by atoms with van der Waals surface area (Å²) in [5, 5.41) is 1.22. The van der Waals surface area contributed by atoms with Crippen molar-refractivity contribution >= 4 is 26.8 Å². The van der Waals surface area contributed by atoms with Crippen molar-refractivity contribution < 1.29 is 35.3 Å². The van der Waals surface area contributed by atoms with Crippen molar-refractivity contribution in [3.8, 4) is 5.75 Å². The maximum Gasteiger partial charge on any atom is 0.342 e. The van der Waals surface area contributed by atoms with Gasteiger partial charge in [0.15, 0.2) is 23.2 Å². The van der Waals surface area contributed by atoms with Crippen LogP contribution in [-0.4, -0.2) is 45.5 Å². The number of amides is 1. The molecule has 1 aliphatic heterocycles. The molecule has 0 aromatic heterocycles. The molecule has 10 heteroatoms. The van der Waals surface area contributed by atoms with Crippen molar-refractivity contribution in [3.63, 3.8) is 0 Å². The standard InChI is InChI=1S/C21H16F3NO5S/c22-16-5-6-18(20(24)19(16)23)31(27,28)30-17-12-14-4-2-1-3-13(14)11-15(17)21(26)25-7-9-29-10-8-25/h1-6,11-12H,7-10H2. The van der Waals surface area contributed by atoms with Crippen molar-refractivity contribution in [2.45, 2.75) is 4.90 Å². The van der Waals surface area contributed by atoms with E-state index in [1.54, 1.807) is 24.3 Å². The quantitative estimate of drug-likeness (QED) is 0.449. The topological polar surface area (TPSA) is 72.9 Å². The molecule has 0 spiro atoms. The van der Waals surface area contributed by atoms with Gasteiger partial charge in [0.2, 0.25) is 0 Å². The zero-order valence-electron chi connectivity index (χ0n) is 16.0. The fraction of sp³-hybridized carbons (Fsp3) is 0.190. The molecule has 1 heterocycles. The molecule has 0 saturated carbocycles. The molecule has 3 aromatic carbocycles. The maximum atomic E-state index is 14.1. The number of rotatable bonds is 4. The van der Waals surface area contributed by atoms with Gasteiger partial charge in [0.05, 0.1) is 18.8 Å². The zero-order chi connectivity index (χ0) is 22.2. The Morgan fingerprint density at radius 3 is 2.26 bits per heavy atom. The highest BCUT2D eigenvalue weighted by Crippen LogP contribution is 2.31. The summed E-state index contributed by atoms with van der Waals surface area (Å²) in [6, 6.07) is 10.7. The summed E-state index contributed by atoms with van der Waals surface area (Å²) in [4.78, 5) is 13.4. The van der Waals surface area contributed by atoms with Gasteiger partial charge in [0, 0.05) is 13.1 Å². The van der Waals surface area contributed by atoms with Gasteiger partial charge in [-0.3, -0.25) is 4.79 Å². The van der Waals surface area contributed by atoms with E-state index in [1.807, 2.05) is 0 Å². The van der Waals surface area contributed by atoms with Gasteiger partial charge < -0.3 is 13.8 Å². The Labute approximate surface area is 175 Å². The summed E-state index contributed by atoms with van der Waals surface area (Å²) in [5.41, 5.74) is -0.0628. The van der Waals surface area contributed by atoms with Gasteiger partial charge in [-0.05, 0) is 35.0 Å². The van der Waals surface area contributed by atoms with E-state index in [-0.39, 0.29) is 11.3 Å². The third-order valence-electron chi connectivity index (χ3n) is 4.85. The highest BCUT2D eigenvalue weighted by atomic mass is 32.2. The lowest BCUT2D eigenvalue weighted by Crippen LogP contribution is -2.40. The van der Waals surface area contributed by atoms with Gasteiger partial charge in [-0.15, -0.1) is 0 Å². The number of benzene rings is 3. The van der Waals surface area contributed by atoms with E-state index in [2.05, 4.69) is 0 Å². The molecule has 0 unspecified atom stereocenters. The van der Waals surface area contributed by atoms with Crippen LogP contribution in [0, 0.1) is 17.5 Å². The zero-order valence-corrected chi connectivity index (χ0v) is 16.8. The minimum atomic E-state index is -4.92. The first-order valence-electron chi connectivity index (χ1n) is 9.26. The summed E-state index contributed by atoms with van der Waals surface area (Å²) in [5.74, 6) is -6.22. The molecule has 31 heavy (non-hydrogen) atoms. The van der Waals surface area contributed by atoms with Crippen LogP contribution in [0.15, 0.2) is 53.4 Å². The Hall–Kier alpha value is -3.11. The van der Waals surface area contributed by atoms with Crippen LogP contribution in [-0.2, 0) is 14.9 Å². The van der Waals surface area contributed by atoms with Crippen LogP contribution in [0.5, 0.6) is 5.75 Å².